The molecule has 0 rings (SSSR count). The second kappa shape index (κ2) is 3.18. The number of rotatable bonds is 3. The summed E-state index contributed by atoms with van der Waals surface area (Å²) < 4.78 is 0. The predicted molar refractivity (Wildman–Crippen MR) is 37.7 cm³/mol. The number of hydrogen-bond donors (Lipinski definition) is 1. The highest BCUT2D eigenvalue weighted by atomic mass is 16.3. The summed E-state index contributed by atoms with van der Waals surface area (Å²) in [6.45, 7) is 7.75. The Morgan fingerprint density at radius 3 is 2.11 bits per heavy atom. The molecule has 2 heteroatoms. The smallest absolute Gasteiger partial charge is 0.141 e. The van der Waals surface area contributed by atoms with Crippen LogP contribution in [0.1, 0.15) is 34.1 Å². The number of nitrogens with one attached hydrogen (secondary N) is 1. The highest BCUT2D eigenvalue weighted by Crippen LogP contribution is 2.06. The van der Waals surface area contributed by atoms with E-state index in [9.17, 15) is 5.11 Å². The highest BCUT2D eigenvalue weighted by Gasteiger charge is 2.15. The summed E-state index contributed by atoms with van der Waals surface area (Å²) in [6.07, 6.45) is 0.333. The van der Waals surface area contributed by atoms with E-state index >= 15 is 0 Å². The van der Waals surface area contributed by atoms with Crippen LogP contribution in [0.5, 0.6) is 0 Å². The normalized spacial score (nSPS) is 15.7. The van der Waals surface area contributed by atoms with Gasteiger partial charge in [0.05, 0.1) is 0 Å². The minimum Gasteiger partial charge on any atom is -0.285 e. The third kappa shape index (κ3) is 4.43. The van der Waals surface area contributed by atoms with E-state index in [1.165, 1.54) is 0 Å². The van der Waals surface area contributed by atoms with Crippen LogP contribution in [0.2, 0.25) is 0 Å². The van der Waals surface area contributed by atoms with E-state index in [0.29, 0.717) is 0 Å². The van der Waals surface area contributed by atoms with Gasteiger partial charge in [-0.1, -0.05) is 6.92 Å². The fraction of sp³-hybridized carbons (Fsp3) is 1.00. The van der Waals surface area contributed by atoms with Gasteiger partial charge in [0.15, 0.2) is 0 Å². The molecule has 1 unspecified atom stereocenters. The Labute approximate surface area is 57.3 Å². The third-order valence-corrected chi connectivity index (χ3v) is 1.48. The topological polar surface area (TPSA) is 31.9 Å². The predicted octanol–water partition coefficient (Wildman–Crippen LogP) is 1.54. The molecule has 0 aliphatic heterocycles. The highest BCUT2D eigenvalue weighted by molar-refractivity contribution is 4.74. The molecule has 0 aliphatic carbocycles. The Morgan fingerprint density at radius 2 is 2.00 bits per heavy atom. The molecule has 0 amide bonds. The second-order valence-electron chi connectivity index (χ2n) is 3.02. The van der Waals surface area contributed by atoms with E-state index in [1.54, 1.807) is 6.92 Å². The summed E-state index contributed by atoms with van der Waals surface area (Å²) in [5, 5.41) is 13.5. The van der Waals surface area contributed by atoms with Crippen LogP contribution in [0.4, 0.5) is 0 Å². The molecule has 1 N–H and O–H groups in total. The maximum absolute atomic E-state index is 10.6. The van der Waals surface area contributed by atoms with E-state index in [4.69, 9.17) is 0 Å². The molecule has 0 fully saturated rings. The molecule has 0 aromatic heterocycles. The molecule has 0 aromatic rings. The van der Waals surface area contributed by atoms with Crippen molar-refractivity contribution in [3.05, 3.63) is 0 Å². The number of hydrogen-bond acceptors (Lipinski definition) is 1. The first-order valence-electron chi connectivity index (χ1n) is 3.41. The SMILES string of the molecule is CCC(C)(C)NC(C)[O]. The van der Waals surface area contributed by atoms with E-state index < -0.39 is 6.23 Å². The van der Waals surface area contributed by atoms with Crippen molar-refractivity contribution in [2.24, 2.45) is 0 Å². The van der Waals surface area contributed by atoms with Crippen LogP contribution >= 0.6 is 0 Å². The van der Waals surface area contributed by atoms with Gasteiger partial charge in [0.2, 0.25) is 0 Å². The van der Waals surface area contributed by atoms with E-state index in [0.717, 1.165) is 6.42 Å². The van der Waals surface area contributed by atoms with Crippen LogP contribution in [0, 0.1) is 0 Å². The lowest BCUT2D eigenvalue weighted by Gasteiger charge is -2.25. The second-order valence-corrected chi connectivity index (χ2v) is 3.02. The summed E-state index contributed by atoms with van der Waals surface area (Å²) in [5.74, 6) is 0. The van der Waals surface area contributed by atoms with Crippen LogP contribution in [-0.4, -0.2) is 11.8 Å². The standard InChI is InChI=1S/C7H16NO/c1-5-7(3,4)8-6(2)9/h6,8H,5H2,1-4H3. The summed E-state index contributed by atoms with van der Waals surface area (Å²) >= 11 is 0. The average Bonchev–Trinajstić information content (AvgIpc) is 1.63. The van der Waals surface area contributed by atoms with E-state index in [2.05, 4.69) is 12.2 Å². The Bertz CT molecular complexity index is 79.0. The van der Waals surface area contributed by atoms with Gasteiger partial charge in [-0.2, -0.15) is 0 Å². The van der Waals surface area contributed by atoms with Crippen molar-refractivity contribution in [1.29, 1.82) is 0 Å². The lowest BCUT2D eigenvalue weighted by atomic mass is 10.0. The van der Waals surface area contributed by atoms with Gasteiger partial charge >= 0.3 is 0 Å². The first kappa shape index (κ1) is 8.92. The molecule has 0 bridgehead atoms. The van der Waals surface area contributed by atoms with Crippen molar-refractivity contribution in [2.45, 2.75) is 45.9 Å². The summed E-state index contributed by atoms with van der Waals surface area (Å²) in [4.78, 5) is 0. The van der Waals surface area contributed by atoms with E-state index in [1.807, 2.05) is 13.8 Å². The molecule has 0 aliphatic rings. The molecule has 0 heterocycles. The fourth-order valence-electron chi connectivity index (χ4n) is 0.652. The lowest BCUT2D eigenvalue weighted by molar-refractivity contribution is 0.0482. The lowest BCUT2D eigenvalue weighted by Crippen LogP contribution is -2.43. The maximum Gasteiger partial charge on any atom is 0.141 e. The van der Waals surface area contributed by atoms with Crippen LogP contribution in [-0.2, 0) is 5.11 Å². The van der Waals surface area contributed by atoms with Gasteiger partial charge < -0.3 is 0 Å². The molecule has 0 saturated heterocycles. The molecule has 0 spiro atoms. The molecule has 1 radical (unpaired) electrons. The quantitative estimate of drug-likeness (QED) is 0.577. The Kier molecular flexibility index (Phi) is 3.15. The zero-order chi connectivity index (χ0) is 7.49. The average molecular weight is 130 g/mol. The Hall–Kier alpha value is -0.0800. The van der Waals surface area contributed by atoms with Crippen LogP contribution in [0.3, 0.4) is 0 Å². The fourth-order valence-corrected chi connectivity index (χ4v) is 0.652. The van der Waals surface area contributed by atoms with Gasteiger partial charge in [0, 0.05) is 5.54 Å². The molecule has 0 saturated carbocycles. The van der Waals surface area contributed by atoms with Gasteiger partial charge in [-0.3, -0.25) is 5.32 Å². The van der Waals surface area contributed by atoms with Gasteiger partial charge in [-0.15, -0.1) is 0 Å². The van der Waals surface area contributed by atoms with Crippen molar-refractivity contribution < 1.29 is 5.11 Å². The summed E-state index contributed by atoms with van der Waals surface area (Å²) in [5.41, 5.74) is 0.00116. The van der Waals surface area contributed by atoms with Crippen molar-refractivity contribution in [3.8, 4) is 0 Å². The van der Waals surface area contributed by atoms with Crippen molar-refractivity contribution in [3.63, 3.8) is 0 Å². The molecular formula is C7H16NO. The van der Waals surface area contributed by atoms with Gasteiger partial charge in [-0.25, -0.2) is 5.11 Å². The third-order valence-electron chi connectivity index (χ3n) is 1.48. The zero-order valence-electron chi connectivity index (χ0n) is 6.69. The van der Waals surface area contributed by atoms with Crippen LogP contribution in [0.25, 0.3) is 0 Å². The molecule has 0 aromatic carbocycles. The molecule has 1 atom stereocenters. The monoisotopic (exact) mass is 130 g/mol. The van der Waals surface area contributed by atoms with Gasteiger partial charge in [0.1, 0.15) is 6.23 Å². The summed E-state index contributed by atoms with van der Waals surface area (Å²) in [6, 6.07) is 0. The first-order chi connectivity index (χ1) is 3.98. The summed E-state index contributed by atoms with van der Waals surface area (Å²) in [7, 11) is 0. The van der Waals surface area contributed by atoms with Crippen LogP contribution < -0.4 is 5.32 Å². The first-order valence-corrected chi connectivity index (χ1v) is 3.41. The maximum atomic E-state index is 10.6. The van der Waals surface area contributed by atoms with Crippen LogP contribution in [0.15, 0.2) is 0 Å². The minimum absolute atomic E-state index is 0.00116. The van der Waals surface area contributed by atoms with Crippen molar-refractivity contribution in [2.75, 3.05) is 0 Å². The Morgan fingerprint density at radius 1 is 1.56 bits per heavy atom. The molecular weight excluding hydrogens is 114 g/mol. The molecule has 2 nitrogen and oxygen atoms in total. The van der Waals surface area contributed by atoms with Crippen molar-refractivity contribution >= 4 is 0 Å². The van der Waals surface area contributed by atoms with Gasteiger partial charge in [-0.05, 0) is 27.2 Å². The molecule has 55 valence electrons. The zero-order valence-corrected chi connectivity index (χ0v) is 6.69. The van der Waals surface area contributed by atoms with E-state index in [-0.39, 0.29) is 5.54 Å². The van der Waals surface area contributed by atoms with Gasteiger partial charge in [0.25, 0.3) is 0 Å². The molecule has 9 heavy (non-hydrogen) atoms. The Balaban J connectivity index is 3.58. The van der Waals surface area contributed by atoms with Crippen molar-refractivity contribution in [1.82, 2.24) is 5.32 Å². The minimum atomic E-state index is -0.653. The largest absolute Gasteiger partial charge is 0.285 e.